The Morgan fingerprint density at radius 1 is 0.871 bits per heavy atom. The third-order valence-corrected chi connectivity index (χ3v) is 4.48. The topological polar surface area (TPSA) is 73.9 Å². The fourth-order valence-electron chi connectivity index (χ4n) is 3.04. The van der Waals surface area contributed by atoms with Crippen molar-refractivity contribution in [3.8, 4) is 40.2 Å². The van der Waals surface area contributed by atoms with Crippen LogP contribution in [0.5, 0.6) is 5.95 Å². The summed E-state index contributed by atoms with van der Waals surface area (Å²) in [6.45, 7) is 0. The van der Waals surface area contributed by atoms with Gasteiger partial charge in [-0.1, -0.05) is 54.6 Å². The van der Waals surface area contributed by atoms with E-state index >= 15 is 0 Å². The molecule has 0 aliphatic carbocycles. The molecule has 0 bridgehead atoms. The molecule has 0 aliphatic rings. The summed E-state index contributed by atoms with van der Waals surface area (Å²) in [6.07, 6.45) is 0. The van der Waals surface area contributed by atoms with Gasteiger partial charge in [0.1, 0.15) is 5.69 Å². The van der Waals surface area contributed by atoms with E-state index in [4.69, 9.17) is 9.15 Å². The number of hydrogen-bond acceptors (Lipinski definition) is 6. The molecule has 0 spiro atoms. The molecule has 0 atom stereocenters. The van der Waals surface area contributed by atoms with E-state index in [1.165, 1.54) is 7.11 Å². The quantitative estimate of drug-likeness (QED) is 0.266. The van der Waals surface area contributed by atoms with Gasteiger partial charge in [0.15, 0.2) is 5.95 Å². The van der Waals surface area contributed by atoms with Crippen molar-refractivity contribution in [3.05, 3.63) is 78.9 Å². The molecule has 0 saturated carbocycles. The summed E-state index contributed by atoms with van der Waals surface area (Å²) in [6, 6.07) is 26.2. The van der Waals surface area contributed by atoms with Gasteiger partial charge in [0.25, 0.3) is 0 Å². The van der Waals surface area contributed by atoms with Crippen molar-refractivity contribution in [2.45, 2.75) is 0 Å². The molecule has 3 heterocycles. The Labute approximate surface area is 189 Å². The Kier molecular flexibility index (Phi) is 6.43. The number of rotatable bonds is 4. The van der Waals surface area contributed by atoms with E-state index in [0.29, 0.717) is 49.3 Å². The number of methoxy groups -OCH3 is 1. The van der Waals surface area contributed by atoms with E-state index in [-0.39, 0.29) is 0 Å². The van der Waals surface area contributed by atoms with Gasteiger partial charge in [0.2, 0.25) is 0 Å². The molecular weight excluding hydrogens is 578 g/mol. The first-order valence-corrected chi connectivity index (χ1v) is 10.0. The number of fused-ring (bicyclic) bond motifs is 1. The zero-order valence-corrected chi connectivity index (χ0v) is 18.5. The van der Waals surface area contributed by atoms with Crippen LogP contribution >= 0.6 is 0 Å². The fraction of sp³-hybridized carbons (Fsp3) is 0.0435. The molecule has 0 radical (unpaired) electrons. The second-order valence-corrected chi connectivity index (χ2v) is 6.36. The molecule has 0 fully saturated rings. The predicted octanol–water partition coefficient (Wildman–Crippen LogP) is 5.24. The zero-order valence-electron chi connectivity index (χ0n) is 16.2. The van der Waals surface area contributed by atoms with Crippen LogP contribution in [0.25, 0.3) is 45.1 Å². The van der Waals surface area contributed by atoms with Crippen molar-refractivity contribution in [1.82, 2.24) is 20.2 Å². The van der Waals surface area contributed by atoms with Gasteiger partial charge < -0.3 is 9.15 Å². The number of halogens is 1. The van der Waals surface area contributed by atoms with Gasteiger partial charge in [-0.05, 0) is 23.8 Å². The van der Waals surface area contributed by atoms with Crippen LogP contribution in [0.2, 0.25) is 0 Å². The molecule has 5 aromatic rings. The Hall–Kier alpha value is -3.44. The second kappa shape index (κ2) is 9.58. The van der Waals surface area contributed by atoms with Crippen LogP contribution in [0.3, 0.4) is 0 Å². The first kappa shape index (κ1) is 20.8. The van der Waals surface area contributed by atoms with Crippen LogP contribution in [0.4, 0.5) is 3.16 Å². The van der Waals surface area contributed by atoms with Crippen molar-refractivity contribution in [1.29, 1.82) is 0 Å². The van der Waals surface area contributed by atoms with Crippen molar-refractivity contribution < 1.29 is 32.7 Å². The fourth-order valence-corrected chi connectivity index (χ4v) is 3.04. The monoisotopic (exact) mass is 593 g/mol. The van der Waals surface area contributed by atoms with Gasteiger partial charge in [0, 0.05) is 11.1 Å². The first-order chi connectivity index (χ1) is 15.3. The van der Waals surface area contributed by atoms with Crippen LogP contribution in [0.1, 0.15) is 0 Å². The number of aromatic nitrogens is 4. The van der Waals surface area contributed by atoms with E-state index in [1.807, 2.05) is 66.7 Å². The zero-order chi connectivity index (χ0) is 21.6. The van der Waals surface area contributed by atoms with Gasteiger partial charge in [-0.2, -0.15) is 0 Å². The minimum absolute atomic E-state index is 0.348. The van der Waals surface area contributed by atoms with Gasteiger partial charge in [-0.3, -0.25) is 9.97 Å². The van der Waals surface area contributed by atoms with Crippen LogP contribution < -0.4 is 4.74 Å². The molecule has 3 aromatic heterocycles. The Morgan fingerprint density at radius 2 is 1.61 bits per heavy atom. The summed E-state index contributed by atoms with van der Waals surface area (Å²) < 4.78 is 20.2. The third-order valence-electron chi connectivity index (χ3n) is 4.48. The molecule has 0 aliphatic heterocycles. The summed E-state index contributed by atoms with van der Waals surface area (Å²) in [5.74, 6) is 1.15. The third kappa shape index (κ3) is 4.52. The normalized spacial score (nSPS) is 10.5. The van der Waals surface area contributed by atoms with Crippen LogP contribution in [-0.2, 0) is 20.3 Å². The van der Waals surface area contributed by atoms with E-state index in [2.05, 4.69) is 26.2 Å². The second-order valence-electron chi connectivity index (χ2n) is 6.36. The Balaban J connectivity index is 0.00000112. The van der Waals surface area contributed by atoms with Crippen molar-refractivity contribution in [3.63, 3.8) is 0 Å². The van der Waals surface area contributed by atoms with Gasteiger partial charge >= 0.3 is 23.5 Å². The van der Waals surface area contributed by atoms with Gasteiger partial charge in [0.05, 0.1) is 29.8 Å². The van der Waals surface area contributed by atoms with E-state index in [0.717, 1.165) is 22.2 Å². The predicted molar refractivity (Wildman–Crippen MR) is 110 cm³/mol. The van der Waals surface area contributed by atoms with E-state index in [9.17, 15) is 3.16 Å². The van der Waals surface area contributed by atoms with Gasteiger partial charge in [-0.15, -0.1) is 16.3 Å². The molecule has 0 amide bonds. The standard InChI is InChI=1S/C23H15N4O2.FH.Pt/c1-28-22-12-11-21(29-22)23-24-18(15-7-3-2-4-8-15)14-19(25-23)20-13-16-9-5-6-10-17(16)26-27-20;;/h2-10,12-14H,1H3;1H;/q-1;;+2/p-1. The van der Waals surface area contributed by atoms with E-state index in [1.54, 1.807) is 6.07 Å². The van der Waals surface area contributed by atoms with Crippen LogP contribution in [0.15, 0.2) is 77.2 Å². The molecule has 0 N–H and O–H groups in total. The van der Waals surface area contributed by atoms with Gasteiger partial charge in [-0.25, -0.2) is 0 Å². The number of hydrogen-bond donors (Lipinski definition) is 0. The van der Waals surface area contributed by atoms with Crippen molar-refractivity contribution >= 4 is 10.9 Å². The number of nitrogens with zero attached hydrogens (tertiary/aromatic N) is 4. The minimum atomic E-state index is 0.348. The number of benzene rings is 2. The Morgan fingerprint density at radius 3 is 2.39 bits per heavy atom. The maximum absolute atomic E-state index is 9.47. The van der Waals surface area contributed by atoms with Crippen LogP contribution in [0, 0.1) is 6.07 Å². The molecule has 6 nitrogen and oxygen atoms in total. The molecule has 8 heteroatoms. The summed E-state index contributed by atoms with van der Waals surface area (Å²) >= 11 is 0.639. The average Bonchev–Trinajstić information content (AvgIpc) is 3.35. The molecule has 31 heavy (non-hydrogen) atoms. The summed E-state index contributed by atoms with van der Waals surface area (Å²) in [4.78, 5) is 9.33. The molecular formula is C23H15FN4O2Pt. The molecule has 156 valence electrons. The SMILES string of the molecule is COc1c[c-]c(-c2nc(-c3ccccc3)cc(-c3cc4ccccc4nn3)n2)o1.[F][Pt+]. The first-order valence-electron chi connectivity index (χ1n) is 9.15. The summed E-state index contributed by atoms with van der Waals surface area (Å²) in [5, 5.41) is 9.67. The molecule has 2 aromatic carbocycles. The van der Waals surface area contributed by atoms with Crippen molar-refractivity contribution in [2.75, 3.05) is 7.11 Å². The number of ether oxygens (including phenoxy) is 1. The summed E-state index contributed by atoms with van der Waals surface area (Å²) in [7, 11) is 1.54. The number of furan rings is 1. The maximum atomic E-state index is 9.47. The molecule has 0 unspecified atom stereocenters. The van der Waals surface area contributed by atoms with E-state index < -0.39 is 0 Å². The van der Waals surface area contributed by atoms with Crippen LogP contribution in [-0.4, -0.2) is 27.3 Å². The van der Waals surface area contributed by atoms with Crippen molar-refractivity contribution in [2.24, 2.45) is 0 Å². The summed E-state index contributed by atoms with van der Waals surface area (Å²) in [5.41, 5.74) is 3.85. The average molecular weight is 593 g/mol. The molecule has 0 saturated heterocycles. The molecule has 5 rings (SSSR count). The Bertz CT molecular complexity index is 1310.